The summed E-state index contributed by atoms with van der Waals surface area (Å²) in [6.45, 7) is 6.23. The number of hydrogen-bond acceptors (Lipinski definition) is 4. The molecule has 0 aliphatic carbocycles. The van der Waals surface area contributed by atoms with Crippen LogP contribution in [-0.4, -0.2) is 34.5 Å². The molecule has 0 saturated heterocycles. The van der Waals surface area contributed by atoms with Gasteiger partial charge in [-0.15, -0.1) is 0 Å². The molecule has 0 amide bonds. The fourth-order valence-corrected chi connectivity index (χ4v) is 1.76. The molecule has 1 aromatic heterocycles. The van der Waals surface area contributed by atoms with Gasteiger partial charge in [0.25, 0.3) is 0 Å². The number of hydrogen-bond donors (Lipinski definition) is 2. The fraction of sp³-hybridized carbons (Fsp3) is 0.500. The first-order valence-corrected chi connectivity index (χ1v) is 5.64. The molecule has 1 rings (SSSR count). The molecule has 0 fully saturated rings. The monoisotopic (exact) mass is 236 g/mol. The summed E-state index contributed by atoms with van der Waals surface area (Å²) in [6.07, 6.45) is 1.67. The molecular weight excluding hydrogens is 216 g/mol. The zero-order valence-corrected chi connectivity index (χ0v) is 10.6. The third kappa shape index (κ3) is 4.40. The van der Waals surface area contributed by atoms with Crippen molar-refractivity contribution in [1.82, 2.24) is 9.88 Å². The van der Waals surface area contributed by atoms with Crippen molar-refractivity contribution < 1.29 is 5.21 Å². The molecule has 0 unspecified atom stereocenters. The Morgan fingerprint density at radius 2 is 2.29 bits per heavy atom. The molecular formula is C12H20N4O. The van der Waals surface area contributed by atoms with E-state index in [9.17, 15) is 0 Å². The largest absolute Gasteiger partial charge is 0.409 e. The zero-order chi connectivity index (χ0) is 12.8. The second-order valence-electron chi connectivity index (χ2n) is 4.63. The van der Waals surface area contributed by atoms with E-state index < -0.39 is 0 Å². The van der Waals surface area contributed by atoms with Crippen LogP contribution in [0.15, 0.2) is 23.5 Å². The lowest BCUT2D eigenvalue weighted by molar-refractivity contribution is 0.288. The van der Waals surface area contributed by atoms with Crippen molar-refractivity contribution in [1.29, 1.82) is 0 Å². The normalized spacial score (nSPS) is 12.4. The highest BCUT2D eigenvalue weighted by Crippen LogP contribution is 2.06. The molecule has 0 spiro atoms. The smallest absolute Gasteiger partial charge is 0.188 e. The molecule has 0 atom stereocenters. The van der Waals surface area contributed by atoms with Crippen LogP contribution < -0.4 is 5.73 Å². The highest BCUT2D eigenvalue weighted by Gasteiger charge is 2.06. The molecule has 0 saturated carbocycles. The number of amidine groups is 1. The topological polar surface area (TPSA) is 74.7 Å². The van der Waals surface area contributed by atoms with Gasteiger partial charge < -0.3 is 15.8 Å². The van der Waals surface area contributed by atoms with Crippen LogP contribution in [-0.2, 0) is 6.54 Å². The molecule has 5 heteroatoms. The first-order valence-electron chi connectivity index (χ1n) is 5.64. The van der Waals surface area contributed by atoms with E-state index in [4.69, 9.17) is 10.9 Å². The van der Waals surface area contributed by atoms with E-state index in [1.807, 2.05) is 12.1 Å². The molecule has 0 radical (unpaired) electrons. The Balaban J connectivity index is 2.72. The lowest BCUT2D eigenvalue weighted by Crippen LogP contribution is -2.23. The standard InChI is InChI=1S/C12H20N4O/c1-9(2)7-16(3)8-10-4-5-14-11(6-10)12(13)15-17/h4-6,9,17H,7-8H2,1-3H3,(H2,13,15). The van der Waals surface area contributed by atoms with Gasteiger partial charge in [0.15, 0.2) is 5.84 Å². The summed E-state index contributed by atoms with van der Waals surface area (Å²) in [4.78, 5) is 6.28. The Labute approximate surface area is 102 Å². The minimum atomic E-state index is 0.0402. The number of nitrogens with zero attached hydrogens (tertiary/aromatic N) is 3. The van der Waals surface area contributed by atoms with Crippen molar-refractivity contribution in [2.45, 2.75) is 20.4 Å². The van der Waals surface area contributed by atoms with E-state index >= 15 is 0 Å². The number of nitrogens with two attached hydrogens (primary N) is 1. The van der Waals surface area contributed by atoms with Gasteiger partial charge >= 0.3 is 0 Å². The van der Waals surface area contributed by atoms with Crippen LogP contribution in [0.2, 0.25) is 0 Å². The third-order valence-corrected chi connectivity index (χ3v) is 2.32. The van der Waals surface area contributed by atoms with E-state index in [0.717, 1.165) is 18.7 Å². The maximum Gasteiger partial charge on any atom is 0.188 e. The van der Waals surface area contributed by atoms with E-state index in [0.29, 0.717) is 11.6 Å². The van der Waals surface area contributed by atoms with Gasteiger partial charge in [-0.1, -0.05) is 19.0 Å². The highest BCUT2D eigenvalue weighted by molar-refractivity contribution is 5.95. The predicted octanol–water partition coefficient (Wildman–Crippen LogP) is 1.26. The Kier molecular flexibility index (Phi) is 4.90. The summed E-state index contributed by atoms with van der Waals surface area (Å²) in [7, 11) is 2.07. The molecule has 94 valence electrons. The minimum absolute atomic E-state index is 0.0402. The first kappa shape index (κ1) is 13.4. The van der Waals surface area contributed by atoms with Crippen LogP contribution in [0.1, 0.15) is 25.1 Å². The van der Waals surface area contributed by atoms with Crippen LogP contribution in [0.3, 0.4) is 0 Å². The number of rotatable bonds is 5. The second-order valence-corrected chi connectivity index (χ2v) is 4.63. The lowest BCUT2D eigenvalue weighted by atomic mass is 10.1. The van der Waals surface area contributed by atoms with Crippen molar-refractivity contribution >= 4 is 5.84 Å². The molecule has 3 N–H and O–H groups in total. The molecule has 1 aromatic rings. The average molecular weight is 236 g/mol. The SMILES string of the molecule is CC(C)CN(C)Cc1ccnc(C(N)=NO)c1. The summed E-state index contributed by atoms with van der Waals surface area (Å²) < 4.78 is 0. The molecule has 0 bridgehead atoms. The summed E-state index contributed by atoms with van der Waals surface area (Å²) in [5, 5.41) is 11.5. The summed E-state index contributed by atoms with van der Waals surface area (Å²) >= 11 is 0. The van der Waals surface area contributed by atoms with Crippen molar-refractivity contribution in [2.24, 2.45) is 16.8 Å². The Bertz CT molecular complexity index is 390. The van der Waals surface area contributed by atoms with Crippen LogP contribution >= 0.6 is 0 Å². The van der Waals surface area contributed by atoms with Crippen molar-refractivity contribution in [2.75, 3.05) is 13.6 Å². The van der Waals surface area contributed by atoms with Crippen molar-refractivity contribution in [3.63, 3.8) is 0 Å². The second kappa shape index (κ2) is 6.20. The third-order valence-electron chi connectivity index (χ3n) is 2.32. The summed E-state index contributed by atoms with van der Waals surface area (Å²) in [5.41, 5.74) is 7.10. The molecule has 1 heterocycles. The summed E-state index contributed by atoms with van der Waals surface area (Å²) in [6, 6.07) is 3.77. The van der Waals surface area contributed by atoms with Gasteiger partial charge in [-0.05, 0) is 30.7 Å². The Morgan fingerprint density at radius 3 is 2.88 bits per heavy atom. The average Bonchev–Trinajstić information content (AvgIpc) is 2.27. The van der Waals surface area contributed by atoms with Gasteiger partial charge in [0, 0.05) is 19.3 Å². The van der Waals surface area contributed by atoms with Crippen LogP contribution in [0.5, 0.6) is 0 Å². The van der Waals surface area contributed by atoms with Crippen LogP contribution in [0.4, 0.5) is 0 Å². The minimum Gasteiger partial charge on any atom is -0.409 e. The predicted molar refractivity (Wildman–Crippen MR) is 67.9 cm³/mol. The van der Waals surface area contributed by atoms with Gasteiger partial charge in [0.2, 0.25) is 0 Å². The number of aromatic nitrogens is 1. The number of pyridine rings is 1. The van der Waals surface area contributed by atoms with Gasteiger partial charge in [0.1, 0.15) is 5.69 Å². The van der Waals surface area contributed by atoms with Crippen LogP contribution in [0.25, 0.3) is 0 Å². The van der Waals surface area contributed by atoms with Gasteiger partial charge in [-0.25, -0.2) is 0 Å². The van der Waals surface area contributed by atoms with Crippen molar-refractivity contribution in [3.05, 3.63) is 29.6 Å². The maximum atomic E-state index is 8.59. The van der Waals surface area contributed by atoms with E-state index in [2.05, 4.69) is 35.9 Å². The molecule has 0 aliphatic heterocycles. The molecule has 17 heavy (non-hydrogen) atoms. The van der Waals surface area contributed by atoms with Gasteiger partial charge in [0.05, 0.1) is 0 Å². The van der Waals surface area contributed by atoms with Gasteiger partial charge in [-0.2, -0.15) is 0 Å². The van der Waals surface area contributed by atoms with E-state index in [-0.39, 0.29) is 5.84 Å². The van der Waals surface area contributed by atoms with Gasteiger partial charge in [-0.3, -0.25) is 4.98 Å². The highest BCUT2D eigenvalue weighted by atomic mass is 16.4. The molecule has 0 aliphatic rings. The Hall–Kier alpha value is -1.62. The number of oxime groups is 1. The summed E-state index contributed by atoms with van der Waals surface area (Å²) in [5.74, 6) is 0.670. The zero-order valence-electron chi connectivity index (χ0n) is 10.6. The van der Waals surface area contributed by atoms with Crippen LogP contribution in [0, 0.1) is 5.92 Å². The molecule has 0 aromatic carbocycles. The Morgan fingerprint density at radius 1 is 1.59 bits per heavy atom. The van der Waals surface area contributed by atoms with E-state index in [1.54, 1.807) is 6.20 Å². The lowest BCUT2D eigenvalue weighted by Gasteiger charge is -2.19. The molecule has 5 nitrogen and oxygen atoms in total. The maximum absolute atomic E-state index is 8.59. The first-order chi connectivity index (χ1) is 8.02. The fourth-order valence-electron chi connectivity index (χ4n) is 1.76. The quantitative estimate of drug-likeness (QED) is 0.349. The van der Waals surface area contributed by atoms with Crippen molar-refractivity contribution in [3.8, 4) is 0 Å². The van der Waals surface area contributed by atoms with E-state index in [1.165, 1.54) is 0 Å².